The first-order valence-corrected chi connectivity index (χ1v) is 15.1. The summed E-state index contributed by atoms with van der Waals surface area (Å²) in [5, 5.41) is 0. The molecule has 4 aromatic rings. The molecule has 202 valence electrons. The summed E-state index contributed by atoms with van der Waals surface area (Å²) in [5.41, 5.74) is 3.15. The molecule has 0 aliphatic heterocycles. The predicted octanol–water partition coefficient (Wildman–Crippen LogP) is 11.0. The number of hydrogen-bond donors (Lipinski definition) is 0. The number of carbonyl (C=O) groups excluding carboxylic acids is 3. The van der Waals surface area contributed by atoms with Gasteiger partial charge in [0.05, 0.1) is 0 Å². The van der Waals surface area contributed by atoms with Crippen LogP contribution >= 0.6 is 63.7 Å². The lowest BCUT2D eigenvalue weighted by molar-refractivity contribution is 0.101. The number of allylic oxidation sites excluding steroid dienone is 1. The van der Waals surface area contributed by atoms with Crippen LogP contribution in [0.3, 0.4) is 0 Å². The lowest BCUT2D eigenvalue weighted by Crippen LogP contribution is -1.92. The summed E-state index contributed by atoms with van der Waals surface area (Å²) in [5.74, 6) is 0.109. The van der Waals surface area contributed by atoms with Gasteiger partial charge in [-0.3, -0.25) is 14.4 Å². The van der Waals surface area contributed by atoms with Gasteiger partial charge in [0.15, 0.2) is 11.6 Å². The second kappa shape index (κ2) is 19.6. The van der Waals surface area contributed by atoms with Crippen molar-refractivity contribution in [2.75, 3.05) is 0 Å². The van der Waals surface area contributed by atoms with E-state index < -0.39 is 0 Å². The molecular weight excluding hydrogens is 752 g/mol. The third kappa shape index (κ3) is 14.5. The zero-order valence-electron chi connectivity index (χ0n) is 21.7. The molecule has 0 aromatic heterocycles. The molecule has 0 saturated carbocycles. The summed E-state index contributed by atoms with van der Waals surface area (Å²) in [7, 11) is 0. The SMILES string of the molecule is CC.CC(=O)c1ccc(Br)cc1.O=C(/C=C/c1ccc(Br)cc1)c1ccc(Br)cc1.O=Cc1ccc(Br)cc1. The Balaban J connectivity index is 0.000000307. The molecular formula is C32H28Br4O3. The number of Topliss-reactive ketones (excluding diaryl/α,β-unsaturated/α-hetero) is 1. The van der Waals surface area contributed by atoms with Crippen molar-refractivity contribution in [1.29, 1.82) is 0 Å². The average molecular weight is 780 g/mol. The van der Waals surface area contributed by atoms with Crippen molar-refractivity contribution in [2.24, 2.45) is 0 Å². The van der Waals surface area contributed by atoms with Crippen LogP contribution in [0.4, 0.5) is 0 Å². The maximum atomic E-state index is 11.9. The fourth-order valence-corrected chi connectivity index (χ4v) is 3.74. The minimum Gasteiger partial charge on any atom is -0.298 e. The van der Waals surface area contributed by atoms with Crippen LogP contribution in [0.1, 0.15) is 57.4 Å². The van der Waals surface area contributed by atoms with Crippen molar-refractivity contribution in [3.05, 3.63) is 143 Å². The van der Waals surface area contributed by atoms with E-state index in [1.807, 2.05) is 80.6 Å². The van der Waals surface area contributed by atoms with Crippen LogP contribution < -0.4 is 0 Å². The number of ketones is 2. The molecule has 0 aliphatic carbocycles. The zero-order valence-corrected chi connectivity index (χ0v) is 28.1. The van der Waals surface area contributed by atoms with Gasteiger partial charge in [-0.1, -0.05) is 120 Å². The van der Waals surface area contributed by atoms with Crippen LogP contribution in [0.25, 0.3) is 6.08 Å². The van der Waals surface area contributed by atoms with Gasteiger partial charge in [-0.15, -0.1) is 0 Å². The quantitative estimate of drug-likeness (QED) is 0.115. The summed E-state index contributed by atoms with van der Waals surface area (Å²) in [6, 6.07) is 29.6. The average Bonchev–Trinajstić information content (AvgIpc) is 2.95. The van der Waals surface area contributed by atoms with E-state index in [9.17, 15) is 14.4 Å². The van der Waals surface area contributed by atoms with E-state index in [1.54, 1.807) is 49.4 Å². The molecule has 0 heterocycles. The number of aldehydes is 1. The van der Waals surface area contributed by atoms with Crippen LogP contribution in [0.5, 0.6) is 0 Å². The van der Waals surface area contributed by atoms with E-state index in [0.29, 0.717) is 11.1 Å². The van der Waals surface area contributed by atoms with Crippen molar-refractivity contribution in [2.45, 2.75) is 20.8 Å². The minimum absolute atomic E-state index is 0.00502. The smallest absolute Gasteiger partial charge is 0.185 e. The van der Waals surface area contributed by atoms with Crippen LogP contribution in [-0.2, 0) is 0 Å². The number of hydrogen-bond acceptors (Lipinski definition) is 3. The number of carbonyl (C=O) groups is 3. The molecule has 0 N–H and O–H groups in total. The third-order valence-corrected chi connectivity index (χ3v) is 6.80. The van der Waals surface area contributed by atoms with Crippen LogP contribution in [0.15, 0.2) is 121 Å². The molecule has 0 atom stereocenters. The molecule has 0 unspecified atom stereocenters. The molecule has 39 heavy (non-hydrogen) atoms. The first kappa shape index (κ1) is 34.6. The normalized spacial score (nSPS) is 9.62. The Labute approximate surface area is 264 Å². The highest BCUT2D eigenvalue weighted by atomic mass is 79.9. The maximum absolute atomic E-state index is 11.9. The minimum atomic E-state index is 0.00502. The molecule has 0 fully saturated rings. The van der Waals surface area contributed by atoms with Gasteiger partial charge in [-0.2, -0.15) is 0 Å². The molecule has 0 spiro atoms. The monoisotopic (exact) mass is 776 g/mol. The van der Waals surface area contributed by atoms with Gasteiger partial charge in [-0.05, 0) is 79.2 Å². The Hall–Kier alpha value is -2.45. The summed E-state index contributed by atoms with van der Waals surface area (Å²) in [4.78, 5) is 32.7. The van der Waals surface area contributed by atoms with Gasteiger partial charge in [0.25, 0.3) is 0 Å². The van der Waals surface area contributed by atoms with Crippen LogP contribution in [0.2, 0.25) is 0 Å². The summed E-state index contributed by atoms with van der Waals surface area (Å²) >= 11 is 13.3. The molecule has 4 rings (SSSR count). The van der Waals surface area contributed by atoms with E-state index in [2.05, 4.69) is 63.7 Å². The molecule has 0 bridgehead atoms. The Morgan fingerprint density at radius 2 is 0.872 bits per heavy atom. The Kier molecular flexibility index (Phi) is 17.4. The van der Waals surface area contributed by atoms with Gasteiger partial charge in [0.1, 0.15) is 6.29 Å². The first-order chi connectivity index (χ1) is 18.7. The van der Waals surface area contributed by atoms with Crippen molar-refractivity contribution in [1.82, 2.24) is 0 Å². The predicted molar refractivity (Wildman–Crippen MR) is 177 cm³/mol. The molecule has 7 heteroatoms. The largest absolute Gasteiger partial charge is 0.298 e. The van der Waals surface area contributed by atoms with Crippen LogP contribution in [0, 0.1) is 0 Å². The van der Waals surface area contributed by atoms with E-state index in [-0.39, 0.29) is 11.6 Å². The lowest BCUT2D eigenvalue weighted by Gasteiger charge is -1.96. The van der Waals surface area contributed by atoms with Crippen molar-refractivity contribution in [3.8, 4) is 0 Å². The summed E-state index contributed by atoms with van der Waals surface area (Å²) in [6.45, 7) is 5.56. The molecule has 0 radical (unpaired) electrons. The Bertz CT molecular complexity index is 1330. The second-order valence-electron chi connectivity index (χ2n) is 7.49. The Morgan fingerprint density at radius 1 is 0.538 bits per heavy atom. The van der Waals surface area contributed by atoms with Crippen LogP contribution in [-0.4, -0.2) is 17.9 Å². The van der Waals surface area contributed by atoms with E-state index in [0.717, 1.165) is 35.3 Å². The van der Waals surface area contributed by atoms with E-state index >= 15 is 0 Å². The molecule has 0 aliphatic rings. The standard InChI is InChI=1S/C15H10Br2O.C8H7BrO.C7H5BrO.C2H6/c16-13-6-1-11(2-7-13)3-10-15(18)12-4-8-14(17)9-5-12;1-6(10)7-2-4-8(9)5-3-7;8-7-3-1-6(5-9)2-4-7;1-2/h1-10H;2-5H,1H3;1-5H;1-2H3/b10-3+;;;. The fourth-order valence-electron chi connectivity index (χ4n) is 2.68. The van der Waals surface area contributed by atoms with Gasteiger partial charge in [0.2, 0.25) is 0 Å². The topological polar surface area (TPSA) is 51.2 Å². The maximum Gasteiger partial charge on any atom is 0.185 e. The Morgan fingerprint density at radius 3 is 1.23 bits per heavy atom. The highest BCUT2D eigenvalue weighted by Gasteiger charge is 2.00. The van der Waals surface area contributed by atoms with Gasteiger partial charge >= 0.3 is 0 Å². The fraction of sp³-hybridized carbons (Fsp3) is 0.0938. The van der Waals surface area contributed by atoms with E-state index in [1.165, 1.54) is 0 Å². The number of halogens is 4. The van der Waals surface area contributed by atoms with Gasteiger partial charge in [-0.25, -0.2) is 0 Å². The summed E-state index contributed by atoms with van der Waals surface area (Å²) in [6.07, 6.45) is 4.23. The molecule has 0 saturated heterocycles. The molecule has 0 amide bonds. The van der Waals surface area contributed by atoms with Crippen molar-refractivity contribution >= 4 is 87.6 Å². The van der Waals surface area contributed by atoms with Crippen molar-refractivity contribution < 1.29 is 14.4 Å². The van der Waals surface area contributed by atoms with Gasteiger partial charge < -0.3 is 0 Å². The lowest BCUT2D eigenvalue weighted by atomic mass is 10.1. The highest BCUT2D eigenvalue weighted by molar-refractivity contribution is 9.11. The summed E-state index contributed by atoms with van der Waals surface area (Å²) < 4.78 is 3.99. The first-order valence-electron chi connectivity index (χ1n) is 11.9. The number of benzene rings is 4. The highest BCUT2D eigenvalue weighted by Crippen LogP contribution is 2.14. The van der Waals surface area contributed by atoms with E-state index in [4.69, 9.17) is 0 Å². The van der Waals surface area contributed by atoms with Gasteiger partial charge in [0, 0.05) is 34.6 Å². The zero-order chi connectivity index (χ0) is 29.2. The third-order valence-electron chi connectivity index (χ3n) is 4.68. The number of rotatable bonds is 5. The van der Waals surface area contributed by atoms with Crippen molar-refractivity contribution in [3.63, 3.8) is 0 Å². The molecule has 4 aromatic carbocycles. The molecule has 3 nitrogen and oxygen atoms in total. The second-order valence-corrected chi connectivity index (χ2v) is 11.2.